The van der Waals surface area contributed by atoms with Crippen molar-refractivity contribution >= 4 is 9.84 Å². The molecule has 0 amide bonds. The Morgan fingerprint density at radius 3 is 2.15 bits per heavy atom. The average Bonchev–Trinajstić information content (AvgIpc) is 2.37. The quantitative estimate of drug-likeness (QED) is 0.746. The zero-order valence-electron chi connectivity index (χ0n) is 13.0. The van der Waals surface area contributed by atoms with Gasteiger partial charge in [-0.15, -0.1) is 0 Å². The molecule has 0 radical (unpaired) electrons. The van der Waals surface area contributed by atoms with Crippen LogP contribution in [0.4, 0.5) is 0 Å². The normalized spacial score (nSPS) is 13.7. The summed E-state index contributed by atoms with van der Waals surface area (Å²) in [6.45, 7) is 7.61. The summed E-state index contributed by atoms with van der Waals surface area (Å²) < 4.78 is 22.8. The first kappa shape index (κ1) is 17.2. The third-order valence-electron chi connectivity index (χ3n) is 3.47. The molecule has 0 saturated heterocycles. The minimum absolute atomic E-state index is 0.252. The van der Waals surface area contributed by atoms with Gasteiger partial charge in [0.05, 0.1) is 4.90 Å². The lowest BCUT2D eigenvalue weighted by molar-refractivity contribution is 0.498. The SMILES string of the molecule is CC(C)CCCCNC(C)c1ccc(S(C)(=O)=O)cc1. The highest BCUT2D eigenvalue weighted by atomic mass is 32.2. The van der Waals surface area contributed by atoms with Crippen LogP contribution in [0.25, 0.3) is 0 Å². The van der Waals surface area contributed by atoms with E-state index in [1.165, 1.54) is 25.5 Å². The van der Waals surface area contributed by atoms with Crippen molar-refractivity contribution in [2.75, 3.05) is 12.8 Å². The Hall–Kier alpha value is -0.870. The first-order valence-corrected chi connectivity index (χ1v) is 9.23. The Kier molecular flexibility index (Phi) is 6.69. The standard InChI is InChI=1S/C16H27NO2S/c1-13(2)7-5-6-12-17-14(3)15-8-10-16(11-9-15)20(4,18)19/h8-11,13-14,17H,5-7,12H2,1-4H3. The van der Waals surface area contributed by atoms with E-state index in [-0.39, 0.29) is 6.04 Å². The van der Waals surface area contributed by atoms with Gasteiger partial charge in [0, 0.05) is 12.3 Å². The van der Waals surface area contributed by atoms with Gasteiger partial charge in [-0.05, 0) is 43.5 Å². The summed E-state index contributed by atoms with van der Waals surface area (Å²) in [7, 11) is -3.10. The van der Waals surface area contributed by atoms with Crippen LogP contribution in [-0.4, -0.2) is 21.2 Å². The molecule has 1 N–H and O–H groups in total. The third kappa shape index (κ3) is 6.06. The predicted octanol–water partition coefficient (Wildman–Crippen LogP) is 3.57. The molecule has 1 aromatic rings. The van der Waals surface area contributed by atoms with Crippen molar-refractivity contribution in [2.45, 2.75) is 51.0 Å². The topological polar surface area (TPSA) is 46.2 Å². The highest BCUT2D eigenvalue weighted by Gasteiger charge is 2.09. The van der Waals surface area contributed by atoms with Gasteiger partial charge in [-0.25, -0.2) is 8.42 Å². The summed E-state index contributed by atoms with van der Waals surface area (Å²) in [5.74, 6) is 0.774. The monoisotopic (exact) mass is 297 g/mol. The van der Waals surface area contributed by atoms with Gasteiger partial charge in [0.25, 0.3) is 0 Å². The average molecular weight is 297 g/mol. The molecular formula is C16H27NO2S. The molecule has 1 rings (SSSR count). The number of rotatable bonds is 8. The number of hydrogen-bond acceptors (Lipinski definition) is 3. The summed E-state index contributed by atoms with van der Waals surface area (Å²) in [5.41, 5.74) is 1.13. The lowest BCUT2D eigenvalue weighted by Crippen LogP contribution is -2.20. The Bertz CT molecular complexity index is 492. The molecule has 1 atom stereocenters. The second-order valence-electron chi connectivity index (χ2n) is 5.91. The van der Waals surface area contributed by atoms with E-state index in [2.05, 4.69) is 26.1 Å². The van der Waals surface area contributed by atoms with E-state index in [1.807, 2.05) is 12.1 Å². The molecule has 1 aromatic carbocycles. The zero-order valence-corrected chi connectivity index (χ0v) is 13.8. The maximum absolute atomic E-state index is 11.4. The molecule has 0 spiro atoms. The minimum Gasteiger partial charge on any atom is -0.310 e. The summed E-state index contributed by atoms with van der Waals surface area (Å²) in [6.07, 6.45) is 4.95. The van der Waals surface area contributed by atoms with Crippen LogP contribution in [-0.2, 0) is 9.84 Å². The van der Waals surface area contributed by atoms with Crippen LogP contribution < -0.4 is 5.32 Å². The maximum Gasteiger partial charge on any atom is 0.175 e. The van der Waals surface area contributed by atoms with Gasteiger partial charge in [-0.1, -0.05) is 38.8 Å². The molecule has 4 heteroatoms. The first-order valence-electron chi connectivity index (χ1n) is 7.34. The van der Waals surface area contributed by atoms with Crippen molar-refractivity contribution in [1.82, 2.24) is 5.32 Å². The molecule has 114 valence electrons. The van der Waals surface area contributed by atoms with Gasteiger partial charge in [-0.3, -0.25) is 0 Å². The number of sulfone groups is 1. The van der Waals surface area contributed by atoms with E-state index >= 15 is 0 Å². The summed E-state index contributed by atoms with van der Waals surface area (Å²) >= 11 is 0. The van der Waals surface area contributed by atoms with E-state index in [4.69, 9.17) is 0 Å². The minimum atomic E-state index is -3.10. The van der Waals surface area contributed by atoms with Gasteiger partial charge in [-0.2, -0.15) is 0 Å². The molecular weight excluding hydrogens is 270 g/mol. The zero-order chi connectivity index (χ0) is 15.2. The van der Waals surface area contributed by atoms with Gasteiger partial charge in [0.1, 0.15) is 0 Å². The second kappa shape index (κ2) is 7.79. The van der Waals surface area contributed by atoms with Crippen LogP contribution in [0.1, 0.15) is 51.6 Å². The molecule has 3 nitrogen and oxygen atoms in total. The molecule has 0 aliphatic rings. The van der Waals surface area contributed by atoms with Crippen molar-refractivity contribution < 1.29 is 8.42 Å². The molecule has 0 aliphatic heterocycles. The Labute approximate surface area is 123 Å². The van der Waals surface area contributed by atoms with Crippen LogP contribution in [0.2, 0.25) is 0 Å². The van der Waals surface area contributed by atoms with E-state index in [1.54, 1.807) is 12.1 Å². The fourth-order valence-electron chi connectivity index (χ4n) is 2.12. The van der Waals surface area contributed by atoms with Gasteiger partial charge in [0.15, 0.2) is 9.84 Å². The van der Waals surface area contributed by atoms with Crippen LogP contribution in [0.3, 0.4) is 0 Å². The maximum atomic E-state index is 11.4. The molecule has 0 fully saturated rings. The molecule has 0 bridgehead atoms. The van der Waals surface area contributed by atoms with E-state index in [0.29, 0.717) is 4.90 Å². The van der Waals surface area contributed by atoms with Gasteiger partial charge >= 0.3 is 0 Å². The molecule has 0 aliphatic carbocycles. The Morgan fingerprint density at radius 2 is 1.65 bits per heavy atom. The van der Waals surface area contributed by atoms with Crippen LogP contribution >= 0.6 is 0 Å². The van der Waals surface area contributed by atoms with Crippen LogP contribution in [0.5, 0.6) is 0 Å². The number of nitrogens with one attached hydrogen (secondary N) is 1. The van der Waals surface area contributed by atoms with E-state index < -0.39 is 9.84 Å². The number of unbranched alkanes of at least 4 members (excludes halogenated alkanes) is 1. The Morgan fingerprint density at radius 1 is 1.05 bits per heavy atom. The van der Waals surface area contributed by atoms with E-state index in [9.17, 15) is 8.42 Å². The molecule has 20 heavy (non-hydrogen) atoms. The van der Waals surface area contributed by atoms with Gasteiger partial charge < -0.3 is 5.32 Å². The van der Waals surface area contributed by atoms with Crippen molar-refractivity contribution in [2.24, 2.45) is 5.92 Å². The fraction of sp³-hybridized carbons (Fsp3) is 0.625. The van der Waals surface area contributed by atoms with Crippen LogP contribution in [0.15, 0.2) is 29.2 Å². The fourth-order valence-corrected chi connectivity index (χ4v) is 2.75. The molecule has 0 heterocycles. The summed E-state index contributed by atoms with van der Waals surface area (Å²) in [6, 6.07) is 7.40. The molecule has 1 unspecified atom stereocenters. The smallest absolute Gasteiger partial charge is 0.175 e. The second-order valence-corrected chi connectivity index (χ2v) is 7.92. The van der Waals surface area contributed by atoms with Crippen molar-refractivity contribution in [1.29, 1.82) is 0 Å². The largest absolute Gasteiger partial charge is 0.310 e. The van der Waals surface area contributed by atoms with Crippen molar-refractivity contribution in [3.05, 3.63) is 29.8 Å². The van der Waals surface area contributed by atoms with Gasteiger partial charge in [0.2, 0.25) is 0 Å². The molecule has 0 aromatic heterocycles. The van der Waals surface area contributed by atoms with E-state index in [0.717, 1.165) is 18.0 Å². The predicted molar refractivity (Wildman–Crippen MR) is 84.7 cm³/mol. The lowest BCUT2D eigenvalue weighted by Gasteiger charge is -2.15. The molecule has 0 saturated carbocycles. The number of benzene rings is 1. The Balaban J connectivity index is 2.42. The third-order valence-corrected chi connectivity index (χ3v) is 4.60. The lowest BCUT2D eigenvalue weighted by atomic mass is 10.1. The summed E-state index contributed by atoms with van der Waals surface area (Å²) in [4.78, 5) is 0.380. The van der Waals surface area contributed by atoms with Crippen molar-refractivity contribution in [3.8, 4) is 0 Å². The van der Waals surface area contributed by atoms with Crippen LogP contribution in [0, 0.1) is 5.92 Å². The first-order chi connectivity index (χ1) is 9.30. The number of hydrogen-bond donors (Lipinski definition) is 1. The summed E-state index contributed by atoms with van der Waals surface area (Å²) in [5, 5.41) is 3.48. The highest BCUT2D eigenvalue weighted by molar-refractivity contribution is 7.90. The van der Waals surface area contributed by atoms with Crippen molar-refractivity contribution in [3.63, 3.8) is 0 Å². The highest BCUT2D eigenvalue weighted by Crippen LogP contribution is 2.16.